The zero-order chi connectivity index (χ0) is 13.6. The highest BCUT2D eigenvalue weighted by molar-refractivity contribution is 7.89. The molecular weight excluding hydrogens is 256 g/mol. The van der Waals surface area contributed by atoms with Crippen LogP contribution in [-0.2, 0) is 10.0 Å². The largest absolute Gasteiger partial charge is 0.396 e. The fourth-order valence-corrected chi connectivity index (χ4v) is 2.40. The molecule has 0 unspecified atom stereocenters. The van der Waals surface area contributed by atoms with Gasteiger partial charge in [-0.1, -0.05) is 0 Å². The molecule has 100 valence electrons. The second-order valence-electron chi connectivity index (χ2n) is 3.72. The van der Waals surface area contributed by atoms with Crippen molar-refractivity contribution < 1.29 is 18.3 Å². The van der Waals surface area contributed by atoms with Crippen molar-refractivity contribution in [2.75, 3.05) is 13.2 Å². The van der Waals surface area contributed by atoms with E-state index in [2.05, 4.69) is 4.72 Å². The second kappa shape index (κ2) is 6.48. The van der Waals surface area contributed by atoms with Crippen LogP contribution in [0.2, 0.25) is 0 Å². The Balaban J connectivity index is 2.70. The number of unbranched alkanes of at least 4 members (excludes halogenated alkanes) is 1. The van der Waals surface area contributed by atoms with Gasteiger partial charge in [0.05, 0.1) is 4.90 Å². The first kappa shape index (κ1) is 14.6. The van der Waals surface area contributed by atoms with Gasteiger partial charge in [-0.3, -0.25) is 4.79 Å². The SMILES string of the molecule is NC(=O)c1ccc(S(=O)(=O)NCCCCO)cc1. The molecule has 1 amide bonds. The van der Waals surface area contributed by atoms with Crippen molar-refractivity contribution in [3.05, 3.63) is 29.8 Å². The Morgan fingerprint density at radius 1 is 1.22 bits per heavy atom. The van der Waals surface area contributed by atoms with Crippen molar-refractivity contribution >= 4 is 15.9 Å². The highest BCUT2D eigenvalue weighted by atomic mass is 32.2. The molecule has 0 bridgehead atoms. The van der Waals surface area contributed by atoms with Crippen LogP contribution in [0.5, 0.6) is 0 Å². The summed E-state index contributed by atoms with van der Waals surface area (Å²) in [7, 11) is -3.57. The average Bonchev–Trinajstić information content (AvgIpc) is 2.35. The fraction of sp³-hybridized carbons (Fsp3) is 0.364. The monoisotopic (exact) mass is 272 g/mol. The lowest BCUT2D eigenvalue weighted by Crippen LogP contribution is -2.25. The molecule has 0 fully saturated rings. The molecule has 0 aromatic heterocycles. The number of hydrogen-bond acceptors (Lipinski definition) is 4. The van der Waals surface area contributed by atoms with Gasteiger partial charge < -0.3 is 10.8 Å². The summed E-state index contributed by atoms with van der Waals surface area (Å²) in [5, 5.41) is 8.57. The molecule has 1 aromatic carbocycles. The van der Waals surface area contributed by atoms with Crippen LogP contribution in [0.25, 0.3) is 0 Å². The van der Waals surface area contributed by atoms with Gasteiger partial charge in [0.2, 0.25) is 15.9 Å². The first-order valence-electron chi connectivity index (χ1n) is 5.48. The van der Waals surface area contributed by atoms with E-state index in [9.17, 15) is 13.2 Å². The number of aliphatic hydroxyl groups is 1. The van der Waals surface area contributed by atoms with E-state index in [1.165, 1.54) is 24.3 Å². The first-order valence-corrected chi connectivity index (χ1v) is 6.96. The summed E-state index contributed by atoms with van der Waals surface area (Å²) in [5.74, 6) is -0.602. The lowest BCUT2D eigenvalue weighted by molar-refractivity contribution is 0.1000. The van der Waals surface area contributed by atoms with Gasteiger partial charge in [-0.05, 0) is 37.1 Å². The smallest absolute Gasteiger partial charge is 0.248 e. The second-order valence-corrected chi connectivity index (χ2v) is 5.48. The number of hydrogen-bond donors (Lipinski definition) is 3. The molecule has 0 atom stereocenters. The number of carbonyl (C=O) groups is 1. The van der Waals surface area contributed by atoms with Crippen LogP contribution in [0.1, 0.15) is 23.2 Å². The molecular formula is C11H16N2O4S. The normalized spacial score (nSPS) is 11.4. The van der Waals surface area contributed by atoms with Gasteiger partial charge in [-0.15, -0.1) is 0 Å². The zero-order valence-corrected chi connectivity index (χ0v) is 10.6. The number of nitrogens with two attached hydrogens (primary N) is 1. The third-order valence-corrected chi connectivity index (χ3v) is 3.80. The Hall–Kier alpha value is -1.44. The standard InChI is InChI=1S/C11H16N2O4S/c12-11(15)9-3-5-10(6-4-9)18(16,17)13-7-1-2-8-14/h3-6,13-14H,1-2,7-8H2,(H2,12,15). The Morgan fingerprint density at radius 3 is 2.33 bits per heavy atom. The summed E-state index contributed by atoms with van der Waals surface area (Å²) < 4.78 is 26.0. The quantitative estimate of drug-likeness (QED) is 0.599. The van der Waals surface area contributed by atoms with Crippen LogP contribution in [0.3, 0.4) is 0 Å². The van der Waals surface area contributed by atoms with E-state index < -0.39 is 15.9 Å². The average molecular weight is 272 g/mol. The zero-order valence-electron chi connectivity index (χ0n) is 9.80. The Bertz CT molecular complexity index is 496. The molecule has 1 rings (SSSR count). The van der Waals surface area contributed by atoms with Gasteiger partial charge in [0.1, 0.15) is 0 Å². The number of aliphatic hydroxyl groups excluding tert-OH is 1. The van der Waals surface area contributed by atoms with Crippen LogP contribution >= 0.6 is 0 Å². The van der Waals surface area contributed by atoms with Crippen molar-refractivity contribution in [3.8, 4) is 0 Å². The predicted octanol–water partition coefficient (Wildman–Crippen LogP) is -0.164. The molecule has 0 saturated carbocycles. The van der Waals surface area contributed by atoms with Crippen LogP contribution in [0, 0.1) is 0 Å². The maximum absolute atomic E-state index is 11.8. The van der Waals surface area contributed by atoms with Crippen LogP contribution in [0.4, 0.5) is 0 Å². The van der Waals surface area contributed by atoms with Gasteiger partial charge in [0.15, 0.2) is 0 Å². The van der Waals surface area contributed by atoms with Crippen LogP contribution in [-0.4, -0.2) is 32.6 Å². The minimum Gasteiger partial charge on any atom is -0.396 e. The molecule has 0 saturated heterocycles. The van der Waals surface area contributed by atoms with Crippen LogP contribution < -0.4 is 10.5 Å². The first-order chi connectivity index (χ1) is 8.47. The Morgan fingerprint density at radius 2 is 1.83 bits per heavy atom. The highest BCUT2D eigenvalue weighted by Crippen LogP contribution is 2.10. The third-order valence-electron chi connectivity index (χ3n) is 2.33. The van der Waals surface area contributed by atoms with Gasteiger partial charge in [0.25, 0.3) is 0 Å². The molecule has 0 radical (unpaired) electrons. The third kappa shape index (κ3) is 4.10. The van der Waals surface area contributed by atoms with E-state index >= 15 is 0 Å². The molecule has 0 aliphatic rings. The lowest BCUT2D eigenvalue weighted by Gasteiger charge is -2.06. The summed E-state index contributed by atoms with van der Waals surface area (Å²) >= 11 is 0. The van der Waals surface area contributed by atoms with Gasteiger partial charge in [-0.2, -0.15) is 0 Å². The number of benzene rings is 1. The molecule has 4 N–H and O–H groups in total. The molecule has 1 aromatic rings. The van der Waals surface area contributed by atoms with E-state index in [1.54, 1.807) is 0 Å². The Labute approximate surface area is 106 Å². The van der Waals surface area contributed by atoms with Crippen LogP contribution in [0.15, 0.2) is 29.2 Å². The summed E-state index contributed by atoms with van der Waals surface area (Å²) in [6.45, 7) is 0.301. The van der Waals surface area contributed by atoms with E-state index in [0.717, 1.165) is 0 Å². The number of primary amides is 1. The van der Waals surface area contributed by atoms with E-state index in [4.69, 9.17) is 10.8 Å². The number of nitrogens with one attached hydrogen (secondary N) is 1. The van der Waals surface area contributed by atoms with Gasteiger partial charge in [-0.25, -0.2) is 13.1 Å². The molecule has 0 aliphatic carbocycles. The lowest BCUT2D eigenvalue weighted by atomic mass is 10.2. The van der Waals surface area contributed by atoms with Gasteiger partial charge >= 0.3 is 0 Å². The predicted molar refractivity (Wildman–Crippen MR) is 66.5 cm³/mol. The summed E-state index contributed by atoms with van der Waals surface area (Å²) in [5.41, 5.74) is 5.32. The summed E-state index contributed by atoms with van der Waals surface area (Å²) in [6.07, 6.45) is 1.11. The number of carbonyl (C=O) groups excluding carboxylic acids is 1. The Kier molecular flexibility index (Phi) is 5.26. The van der Waals surface area contributed by atoms with Crippen molar-refractivity contribution in [2.24, 2.45) is 5.73 Å². The molecule has 6 nitrogen and oxygen atoms in total. The maximum atomic E-state index is 11.8. The summed E-state index contributed by atoms with van der Waals surface area (Å²) in [6, 6.07) is 5.39. The minimum atomic E-state index is -3.57. The van der Waals surface area contributed by atoms with Crippen molar-refractivity contribution in [2.45, 2.75) is 17.7 Å². The van der Waals surface area contributed by atoms with E-state index in [1.807, 2.05) is 0 Å². The topological polar surface area (TPSA) is 109 Å². The van der Waals surface area contributed by atoms with Crippen molar-refractivity contribution in [1.82, 2.24) is 4.72 Å². The molecule has 18 heavy (non-hydrogen) atoms. The minimum absolute atomic E-state index is 0.0367. The molecule has 0 aliphatic heterocycles. The molecule has 0 heterocycles. The maximum Gasteiger partial charge on any atom is 0.248 e. The highest BCUT2D eigenvalue weighted by Gasteiger charge is 2.13. The number of sulfonamides is 1. The van der Waals surface area contributed by atoms with E-state index in [0.29, 0.717) is 12.8 Å². The number of amides is 1. The molecule has 7 heteroatoms. The summed E-state index contributed by atoms with van der Waals surface area (Å²) in [4.78, 5) is 10.9. The van der Waals surface area contributed by atoms with E-state index in [-0.39, 0.29) is 23.6 Å². The number of rotatable bonds is 7. The fourth-order valence-electron chi connectivity index (χ4n) is 1.33. The van der Waals surface area contributed by atoms with Crippen molar-refractivity contribution in [3.63, 3.8) is 0 Å². The molecule has 0 spiro atoms. The van der Waals surface area contributed by atoms with Gasteiger partial charge in [0, 0.05) is 18.7 Å². The van der Waals surface area contributed by atoms with Crippen molar-refractivity contribution in [1.29, 1.82) is 0 Å².